The first-order valence-corrected chi connectivity index (χ1v) is 3.57. The fraction of sp³-hybridized carbons (Fsp3) is 0. The van der Waals surface area contributed by atoms with Gasteiger partial charge in [0, 0.05) is 6.07 Å². The Kier molecular flexibility index (Phi) is 1.50. The van der Waals surface area contributed by atoms with Crippen molar-refractivity contribution in [1.29, 1.82) is 0 Å². The quantitative estimate of drug-likeness (QED) is 0.519. The lowest BCUT2D eigenvalue weighted by molar-refractivity contribution is 0.0684. The Hall–Kier alpha value is -2.38. The van der Waals surface area contributed by atoms with Gasteiger partial charge in [-0.2, -0.15) is 9.50 Å². The summed E-state index contributed by atoms with van der Waals surface area (Å²) in [5, 5.41) is 12.1. The Morgan fingerprint density at radius 1 is 1.64 bits per heavy atom. The van der Waals surface area contributed by atoms with Gasteiger partial charge in [-0.05, 0) is 0 Å². The molecular formula is C6H5N5O3. The minimum atomic E-state index is -1.28. The lowest BCUT2D eigenvalue weighted by Gasteiger charge is -1.93. The van der Waals surface area contributed by atoms with Gasteiger partial charge in [-0.15, -0.1) is 5.10 Å². The van der Waals surface area contributed by atoms with Crippen LogP contribution in [-0.4, -0.2) is 30.7 Å². The molecule has 0 aliphatic heterocycles. The number of nitrogens with one attached hydrogen (secondary N) is 1. The lowest BCUT2D eigenvalue weighted by Crippen LogP contribution is -2.11. The summed E-state index contributed by atoms with van der Waals surface area (Å²) < 4.78 is 1.05. The molecule has 0 amide bonds. The molecule has 8 heteroatoms. The number of carbonyl (C=O) groups is 1. The number of carboxylic acids is 1. The average Bonchev–Trinajstić information content (AvgIpc) is 2.47. The van der Waals surface area contributed by atoms with Crippen LogP contribution >= 0.6 is 0 Å². The molecule has 0 bridgehead atoms. The number of fused-ring (bicyclic) bond motifs is 1. The third kappa shape index (κ3) is 1.09. The molecule has 0 spiro atoms. The molecular weight excluding hydrogens is 190 g/mol. The predicted molar refractivity (Wildman–Crippen MR) is 45.0 cm³/mol. The molecule has 0 saturated carbocycles. The van der Waals surface area contributed by atoms with Crippen molar-refractivity contribution < 1.29 is 9.90 Å². The van der Waals surface area contributed by atoms with E-state index in [1.165, 1.54) is 0 Å². The highest BCUT2D eigenvalue weighted by atomic mass is 16.4. The molecule has 0 unspecified atom stereocenters. The van der Waals surface area contributed by atoms with Gasteiger partial charge in [0.2, 0.25) is 5.78 Å². The molecule has 14 heavy (non-hydrogen) atoms. The molecule has 0 saturated heterocycles. The molecule has 72 valence electrons. The maximum absolute atomic E-state index is 10.9. The number of nitrogen functional groups attached to an aromatic ring is 1. The van der Waals surface area contributed by atoms with E-state index in [4.69, 9.17) is 10.8 Å². The summed E-state index contributed by atoms with van der Waals surface area (Å²) in [6.45, 7) is 0. The number of hydrogen-bond donors (Lipinski definition) is 3. The number of anilines is 1. The molecule has 0 aromatic carbocycles. The third-order valence-electron chi connectivity index (χ3n) is 1.56. The predicted octanol–water partition coefficient (Wildman–Crippen LogP) is -1.30. The molecule has 2 aromatic heterocycles. The van der Waals surface area contributed by atoms with E-state index < -0.39 is 17.4 Å². The van der Waals surface area contributed by atoms with Crippen LogP contribution in [-0.2, 0) is 0 Å². The summed E-state index contributed by atoms with van der Waals surface area (Å²) in [5.41, 5.74) is 4.96. The normalized spacial score (nSPS) is 10.6. The molecule has 0 radical (unpaired) electrons. The number of nitrogens with two attached hydrogens (primary N) is 1. The zero-order valence-corrected chi connectivity index (χ0v) is 6.76. The zero-order chi connectivity index (χ0) is 10.3. The van der Waals surface area contributed by atoms with Gasteiger partial charge in [0.05, 0.1) is 0 Å². The smallest absolute Gasteiger partial charge is 0.375 e. The van der Waals surface area contributed by atoms with Crippen molar-refractivity contribution in [2.24, 2.45) is 0 Å². The van der Waals surface area contributed by atoms with Crippen LogP contribution < -0.4 is 11.3 Å². The van der Waals surface area contributed by atoms with Gasteiger partial charge in [0.25, 0.3) is 11.4 Å². The Labute approximate surface area is 76.0 Å². The number of carboxylic acid groups (broad SMARTS) is 1. The highest BCUT2D eigenvalue weighted by Crippen LogP contribution is 2.01. The fourth-order valence-electron chi connectivity index (χ4n) is 1.01. The van der Waals surface area contributed by atoms with Gasteiger partial charge in [-0.3, -0.25) is 9.78 Å². The maximum atomic E-state index is 10.9. The van der Waals surface area contributed by atoms with Crippen LogP contribution in [0.2, 0.25) is 0 Å². The molecule has 8 nitrogen and oxygen atoms in total. The van der Waals surface area contributed by atoms with Gasteiger partial charge < -0.3 is 10.8 Å². The Bertz CT molecular complexity index is 568. The summed E-state index contributed by atoms with van der Waals surface area (Å²) >= 11 is 0. The van der Waals surface area contributed by atoms with Gasteiger partial charge >= 0.3 is 5.97 Å². The van der Waals surface area contributed by atoms with E-state index in [0.29, 0.717) is 0 Å². The molecule has 0 aliphatic rings. The zero-order valence-electron chi connectivity index (χ0n) is 6.76. The van der Waals surface area contributed by atoms with E-state index in [1.54, 1.807) is 0 Å². The number of aromatic nitrogens is 4. The molecule has 0 fully saturated rings. The highest BCUT2D eigenvalue weighted by Gasteiger charge is 2.12. The summed E-state index contributed by atoms with van der Waals surface area (Å²) in [6, 6.07) is 1.09. The average molecular weight is 195 g/mol. The first-order chi connectivity index (χ1) is 6.58. The molecule has 2 rings (SSSR count). The van der Waals surface area contributed by atoms with Crippen molar-refractivity contribution >= 4 is 17.6 Å². The number of aromatic amines is 1. The summed E-state index contributed by atoms with van der Waals surface area (Å²) in [5.74, 6) is -1.66. The van der Waals surface area contributed by atoms with Crippen molar-refractivity contribution in [2.75, 3.05) is 5.73 Å². The SMILES string of the molecule is Nc1cc(=O)[nH]c2nc(C(=O)O)nn12. The first-order valence-electron chi connectivity index (χ1n) is 3.57. The number of aromatic carboxylic acids is 1. The monoisotopic (exact) mass is 195 g/mol. The molecule has 0 aliphatic carbocycles. The minimum absolute atomic E-state index is 0.00685. The Morgan fingerprint density at radius 3 is 3.00 bits per heavy atom. The fourth-order valence-corrected chi connectivity index (χ4v) is 1.01. The van der Waals surface area contributed by atoms with E-state index >= 15 is 0 Å². The van der Waals surface area contributed by atoms with E-state index in [2.05, 4.69) is 15.1 Å². The van der Waals surface area contributed by atoms with E-state index in [-0.39, 0.29) is 11.6 Å². The lowest BCUT2D eigenvalue weighted by atomic mass is 10.6. The van der Waals surface area contributed by atoms with Crippen molar-refractivity contribution in [1.82, 2.24) is 19.6 Å². The topological polar surface area (TPSA) is 126 Å². The number of rotatable bonds is 1. The van der Waals surface area contributed by atoms with Crippen LogP contribution in [0.1, 0.15) is 10.6 Å². The minimum Gasteiger partial charge on any atom is -0.475 e. The van der Waals surface area contributed by atoms with Gasteiger partial charge in [-0.25, -0.2) is 4.79 Å². The van der Waals surface area contributed by atoms with Crippen molar-refractivity contribution in [3.05, 3.63) is 22.2 Å². The largest absolute Gasteiger partial charge is 0.475 e. The van der Waals surface area contributed by atoms with Crippen LogP contribution in [0.5, 0.6) is 0 Å². The number of nitrogens with zero attached hydrogens (tertiary/aromatic N) is 3. The van der Waals surface area contributed by atoms with Crippen molar-refractivity contribution in [3.63, 3.8) is 0 Å². The van der Waals surface area contributed by atoms with Gasteiger partial charge in [0.15, 0.2) is 0 Å². The molecule has 2 heterocycles. The standard InChI is InChI=1S/C6H5N5O3/c7-2-1-3(12)8-6-9-4(5(13)14)10-11(2)6/h1H,7H2,(H,13,14)(H,8,9,10,12). The second-order valence-corrected chi connectivity index (χ2v) is 2.53. The first kappa shape index (κ1) is 8.23. The summed E-state index contributed by atoms with van der Waals surface area (Å²) in [4.78, 5) is 27.3. The molecule has 2 aromatic rings. The van der Waals surface area contributed by atoms with Crippen LogP contribution in [0.3, 0.4) is 0 Å². The molecule has 4 N–H and O–H groups in total. The second-order valence-electron chi connectivity index (χ2n) is 2.53. The van der Waals surface area contributed by atoms with E-state index in [0.717, 1.165) is 10.6 Å². The summed E-state index contributed by atoms with van der Waals surface area (Å²) in [6.07, 6.45) is 0. The number of hydrogen-bond acceptors (Lipinski definition) is 5. The van der Waals surface area contributed by atoms with Crippen LogP contribution in [0, 0.1) is 0 Å². The van der Waals surface area contributed by atoms with E-state index in [9.17, 15) is 9.59 Å². The summed E-state index contributed by atoms with van der Waals surface area (Å²) in [7, 11) is 0. The number of H-pyrrole nitrogens is 1. The highest BCUT2D eigenvalue weighted by molar-refractivity contribution is 5.83. The van der Waals surface area contributed by atoms with Crippen LogP contribution in [0.25, 0.3) is 5.78 Å². The Morgan fingerprint density at radius 2 is 2.36 bits per heavy atom. The molecule has 0 atom stereocenters. The Balaban J connectivity index is 2.83. The van der Waals surface area contributed by atoms with Crippen LogP contribution in [0.4, 0.5) is 5.82 Å². The van der Waals surface area contributed by atoms with Gasteiger partial charge in [-0.1, -0.05) is 0 Å². The third-order valence-corrected chi connectivity index (χ3v) is 1.56. The van der Waals surface area contributed by atoms with Gasteiger partial charge in [0.1, 0.15) is 5.82 Å². The van der Waals surface area contributed by atoms with Crippen LogP contribution in [0.15, 0.2) is 10.9 Å². The van der Waals surface area contributed by atoms with Crippen molar-refractivity contribution in [3.8, 4) is 0 Å². The second kappa shape index (κ2) is 2.55. The van der Waals surface area contributed by atoms with Crippen molar-refractivity contribution in [2.45, 2.75) is 0 Å². The van der Waals surface area contributed by atoms with E-state index in [1.807, 2.05) is 0 Å². The maximum Gasteiger partial charge on any atom is 0.375 e.